The fraction of sp³-hybridized carbons (Fsp3) is 0.731. The Balaban J connectivity index is 1.88. The molecule has 0 bridgehead atoms. The number of rotatable bonds is 7. The van der Waals surface area contributed by atoms with Crippen LogP contribution in [0.15, 0.2) is 12.1 Å². The van der Waals surface area contributed by atoms with Gasteiger partial charge < -0.3 is 15.2 Å². The number of phenols is 1. The lowest BCUT2D eigenvalue weighted by atomic mass is 9.65. The van der Waals surface area contributed by atoms with Gasteiger partial charge in [0.1, 0.15) is 17.1 Å². The zero-order valence-electron chi connectivity index (χ0n) is 19.8. The second-order valence-electron chi connectivity index (χ2n) is 10.3. The lowest BCUT2D eigenvalue weighted by Crippen LogP contribution is -2.50. The van der Waals surface area contributed by atoms with E-state index in [0.29, 0.717) is 23.5 Å². The van der Waals surface area contributed by atoms with Crippen molar-refractivity contribution in [2.45, 2.75) is 110 Å². The number of benzene rings is 1. The third kappa shape index (κ3) is 4.78. The molecule has 2 aliphatic rings. The van der Waals surface area contributed by atoms with E-state index < -0.39 is 0 Å². The van der Waals surface area contributed by atoms with Crippen LogP contribution in [0.25, 0.3) is 0 Å². The van der Waals surface area contributed by atoms with Gasteiger partial charge in [0, 0.05) is 24.4 Å². The van der Waals surface area contributed by atoms with E-state index in [0.717, 1.165) is 30.6 Å². The first-order chi connectivity index (χ1) is 14.1. The van der Waals surface area contributed by atoms with Crippen LogP contribution >= 0.6 is 0 Å². The molecule has 1 saturated carbocycles. The number of carbonyl (C=O) groups is 1. The van der Waals surface area contributed by atoms with Crippen molar-refractivity contribution in [2.75, 3.05) is 0 Å². The van der Waals surface area contributed by atoms with E-state index in [1.165, 1.54) is 31.2 Å². The summed E-state index contributed by atoms with van der Waals surface area (Å²) in [6.07, 6.45) is 7.81. The molecule has 3 rings (SSSR count). The Morgan fingerprint density at radius 3 is 2.67 bits per heavy atom. The summed E-state index contributed by atoms with van der Waals surface area (Å²) >= 11 is 0. The molecule has 1 aliphatic heterocycles. The monoisotopic (exact) mass is 415 g/mol. The van der Waals surface area contributed by atoms with E-state index >= 15 is 0 Å². The van der Waals surface area contributed by atoms with Crippen LogP contribution in [-0.4, -0.2) is 22.7 Å². The maximum absolute atomic E-state index is 11.6. The van der Waals surface area contributed by atoms with Gasteiger partial charge in [-0.3, -0.25) is 4.79 Å². The van der Waals surface area contributed by atoms with E-state index in [1.807, 2.05) is 6.07 Å². The van der Waals surface area contributed by atoms with E-state index in [9.17, 15) is 9.90 Å². The lowest BCUT2D eigenvalue weighted by molar-refractivity contribution is -0.120. The standard InChI is InChI=1S/C26H41NO3/c1-7-8-9-10-16(2)17(3)19-13-23(29)25-21-15-20(27-18(4)28)11-12-22(21)26(5,6)30-24(25)14-19/h13-14,16-17,20-22,29H,7-12,15H2,1-6H3,(H,27,28)/t16?,17?,20-,21?,22?/m1/s1. The van der Waals surface area contributed by atoms with Crippen LogP contribution in [0.4, 0.5) is 0 Å². The van der Waals surface area contributed by atoms with Crippen LogP contribution < -0.4 is 10.1 Å². The minimum Gasteiger partial charge on any atom is -0.508 e. The smallest absolute Gasteiger partial charge is 0.217 e. The van der Waals surface area contributed by atoms with E-state index in [1.54, 1.807) is 6.92 Å². The summed E-state index contributed by atoms with van der Waals surface area (Å²) in [5.41, 5.74) is 1.84. The Kier molecular flexibility index (Phi) is 7.04. The average Bonchev–Trinajstić information content (AvgIpc) is 2.65. The summed E-state index contributed by atoms with van der Waals surface area (Å²) < 4.78 is 6.51. The van der Waals surface area contributed by atoms with Gasteiger partial charge in [-0.2, -0.15) is 0 Å². The van der Waals surface area contributed by atoms with Crippen LogP contribution in [0, 0.1) is 11.8 Å². The van der Waals surface area contributed by atoms with Crippen molar-refractivity contribution in [1.29, 1.82) is 0 Å². The molecule has 30 heavy (non-hydrogen) atoms. The molecule has 1 aromatic carbocycles. The van der Waals surface area contributed by atoms with Crippen LogP contribution in [0.1, 0.15) is 109 Å². The third-order valence-electron chi connectivity index (χ3n) is 7.68. The molecule has 1 amide bonds. The highest BCUT2D eigenvalue weighted by Crippen LogP contribution is 2.55. The Morgan fingerprint density at radius 2 is 2.00 bits per heavy atom. The number of nitrogens with one attached hydrogen (secondary N) is 1. The lowest BCUT2D eigenvalue weighted by Gasteiger charge is -2.49. The second kappa shape index (κ2) is 9.20. The van der Waals surface area contributed by atoms with Gasteiger partial charge in [0.15, 0.2) is 0 Å². The minimum atomic E-state index is -0.278. The fourth-order valence-corrected chi connectivity index (χ4v) is 5.75. The van der Waals surface area contributed by atoms with Gasteiger partial charge in [-0.25, -0.2) is 0 Å². The van der Waals surface area contributed by atoms with Crippen LogP contribution in [0.2, 0.25) is 0 Å². The predicted molar refractivity (Wildman–Crippen MR) is 122 cm³/mol. The minimum absolute atomic E-state index is 0.0236. The van der Waals surface area contributed by atoms with Crippen LogP contribution in [-0.2, 0) is 4.79 Å². The maximum atomic E-state index is 11.6. The number of phenolic OH excluding ortho intramolecular Hbond substituents is 1. The van der Waals surface area contributed by atoms with Gasteiger partial charge >= 0.3 is 0 Å². The van der Waals surface area contributed by atoms with Crippen molar-refractivity contribution >= 4 is 5.91 Å². The molecule has 168 valence electrons. The normalized spacial score (nSPS) is 26.7. The Bertz CT molecular complexity index is 757. The molecule has 4 heteroatoms. The molecule has 0 saturated heterocycles. The molecular weight excluding hydrogens is 374 g/mol. The van der Waals surface area contributed by atoms with Crippen LogP contribution in [0.3, 0.4) is 0 Å². The molecule has 4 unspecified atom stereocenters. The highest BCUT2D eigenvalue weighted by Gasteiger charge is 2.48. The number of ether oxygens (including phenoxy) is 1. The molecule has 4 nitrogen and oxygen atoms in total. The highest BCUT2D eigenvalue weighted by atomic mass is 16.5. The zero-order chi connectivity index (χ0) is 22.1. The summed E-state index contributed by atoms with van der Waals surface area (Å²) in [5.74, 6) is 2.72. The van der Waals surface area contributed by atoms with Gasteiger partial charge in [-0.05, 0) is 68.6 Å². The van der Waals surface area contributed by atoms with Crippen molar-refractivity contribution in [1.82, 2.24) is 5.32 Å². The van der Waals surface area contributed by atoms with Gasteiger partial charge in [-0.1, -0.05) is 46.5 Å². The number of amides is 1. The van der Waals surface area contributed by atoms with Crippen molar-refractivity contribution in [3.05, 3.63) is 23.3 Å². The summed E-state index contributed by atoms with van der Waals surface area (Å²) in [6, 6.07) is 4.32. The molecule has 0 aromatic heterocycles. The Labute approximate surface area is 182 Å². The quantitative estimate of drug-likeness (QED) is 0.516. The summed E-state index contributed by atoms with van der Waals surface area (Å²) in [4.78, 5) is 11.6. The van der Waals surface area contributed by atoms with Gasteiger partial charge in [0.2, 0.25) is 5.91 Å². The topological polar surface area (TPSA) is 58.6 Å². The summed E-state index contributed by atoms with van der Waals surface area (Å²) in [6.45, 7) is 12.8. The van der Waals surface area contributed by atoms with Crippen molar-refractivity contribution in [3.63, 3.8) is 0 Å². The first-order valence-corrected chi connectivity index (χ1v) is 12.0. The second-order valence-corrected chi connectivity index (χ2v) is 10.3. The molecular formula is C26H41NO3. The molecule has 0 spiro atoms. The van der Waals surface area contributed by atoms with Crippen molar-refractivity contribution in [2.24, 2.45) is 11.8 Å². The molecule has 2 N–H and O–H groups in total. The number of carbonyl (C=O) groups excluding carboxylic acids is 1. The number of unbranched alkanes of at least 4 members (excludes halogenated alkanes) is 2. The van der Waals surface area contributed by atoms with Crippen molar-refractivity contribution < 1.29 is 14.6 Å². The van der Waals surface area contributed by atoms with E-state index in [2.05, 4.69) is 46.0 Å². The van der Waals surface area contributed by atoms with Gasteiger partial charge in [-0.15, -0.1) is 0 Å². The first kappa shape index (κ1) is 23.0. The molecule has 5 atom stereocenters. The Morgan fingerprint density at radius 1 is 1.27 bits per heavy atom. The van der Waals surface area contributed by atoms with E-state index in [4.69, 9.17) is 4.74 Å². The summed E-state index contributed by atoms with van der Waals surface area (Å²) in [5, 5.41) is 14.2. The highest BCUT2D eigenvalue weighted by molar-refractivity contribution is 5.73. The molecule has 1 fully saturated rings. The fourth-order valence-electron chi connectivity index (χ4n) is 5.75. The maximum Gasteiger partial charge on any atom is 0.217 e. The number of hydrogen-bond donors (Lipinski definition) is 2. The summed E-state index contributed by atoms with van der Waals surface area (Å²) in [7, 11) is 0. The van der Waals surface area contributed by atoms with Crippen molar-refractivity contribution in [3.8, 4) is 11.5 Å². The molecule has 0 radical (unpaired) electrons. The molecule has 1 heterocycles. The average molecular weight is 416 g/mol. The molecule has 1 aliphatic carbocycles. The Hall–Kier alpha value is -1.71. The first-order valence-electron chi connectivity index (χ1n) is 12.0. The SMILES string of the molecule is CCCCCC(C)C(C)c1cc(O)c2c(c1)OC(C)(C)C1CC[C@@H](NC(C)=O)CC21. The zero-order valence-corrected chi connectivity index (χ0v) is 19.8. The van der Waals surface area contributed by atoms with Crippen LogP contribution in [0.5, 0.6) is 11.5 Å². The number of aromatic hydroxyl groups is 1. The van der Waals surface area contributed by atoms with Gasteiger partial charge in [0.05, 0.1) is 0 Å². The predicted octanol–water partition coefficient (Wildman–Crippen LogP) is 6.27. The third-order valence-corrected chi connectivity index (χ3v) is 7.68. The molecule has 1 aromatic rings. The van der Waals surface area contributed by atoms with Gasteiger partial charge in [0.25, 0.3) is 0 Å². The van der Waals surface area contributed by atoms with E-state index in [-0.39, 0.29) is 23.5 Å². The number of fused-ring (bicyclic) bond motifs is 3. The number of hydrogen-bond acceptors (Lipinski definition) is 3. The largest absolute Gasteiger partial charge is 0.508 e.